The zero-order valence-corrected chi connectivity index (χ0v) is 23.0. The van der Waals surface area contributed by atoms with Gasteiger partial charge < -0.3 is 0 Å². The van der Waals surface area contributed by atoms with Crippen LogP contribution in [0.5, 0.6) is 0 Å². The van der Waals surface area contributed by atoms with Crippen LogP contribution in [0.15, 0.2) is 91.6 Å². The van der Waals surface area contributed by atoms with Crippen molar-refractivity contribution in [2.24, 2.45) is 11.8 Å². The Labute approximate surface area is 228 Å². The second-order valence-corrected chi connectivity index (χ2v) is 10.9. The standard InChI is InChI=1S/C35H47N.CH4/c1-6-8-9-11-17-29(5)18-16-22-34-32(25-26-33(36-34)30-19-12-10-13-20-30)35(7-2)27-15-14-21-31(35)24-23-28(3)4;/h6-8,10-13,17,19-20,25-26,28,31H,2,5,9,14-16,18,21-24,27H2,1,3-4H3;1H4/b8-6-,17-11-;. The third kappa shape index (κ3) is 8.42. The summed E-state index contributed by atoms with van der Waals surface area (Å²) < 4.78 is 0. The Morgan fingerprint density at radius 3 is 2.59 bits per heavy atom. The first-order chi connectivity index (χ1) is 17.5. The zero-order valence-electron chi connectivity index (χ0n) is 23.0. The number of allylic oxidation sites excluding steroid dienone is 6. The number of nitrogens with zero attached hydrogens (tertiary/aromatic N) is 1. The average molecular weight is 498 g/mol. The number of aromatic nitrogens is 1. The van der Waals surface area contributed by atoms with E-state index in [0.717, 1.165) is 37.3 Å². The maximum absolute atomic E-state index is 5.32. The normalized spacial score (nSPS) is 19.8. The first-order valence-electron chi connectivity index (χ1n) is 14.1. The highest BCUT2D eigenvalue weighted by Gasteiger charge is 2.41. The van der Waals surface area contributed by atoms with E-state index >= 15 is 0 Å². The Balaban J connectivity index is 0.00000481. The van der Waals surface area contributed by atoms with Gasteiger partial charge >= 0.3 is 0 Å². The molecule has 1 fully saturated rings. The fourth-order valence-corrected chi connectivity index (χ4v) is 5.84. The van der Waals surface area contributed by atoms with Crippen LogP contribution < -0.4 is 0 Å². The molecular formula is C36H51N. The largest absolute Gasteiger partial charge is 0.253 e. The molecule has 1 saturated carbocycles. The summed E-state index contributed by atoms with van der Waals surface area (Å²) in [6.45, 7) is 15.5. The Morgan fingerprint density at radius 1 is 1.11 bits per heavy atom. The molecule has 1 heterocycles. The minimum atomic E-state index is 0. The topological polar surface area (TPSA) is 12.9 Å². The van der Waals surface area contributed by atoms with E-state index in [2.05, 4.69) is 107 Å². The average Bonchev–Trinajstić information content (AvgIpc) is 2.90. The van der Waals surface area contributed by atoms with Crippen LogP contribution in [0.4, 0.5) is 0 Å². The lowest BCUT2D eigenvalue weighted by Gasteiger charge is -2.44. The van der Waals surface area contributed by atoms with Gasteiger partial charge in [0.25, 0.3) is 0 Å². The van der Waals surface area contributed by atoms with Crippen molar-refractivity contribution in [3.8, 4) is 11.3 Å². The Kier molecular flexibility index (Phi) is 12.8. The number of hydrogen-bond donors (Lipinski definition) is 0. The van der Waals surface area contributed by atoms with Gasteiger partial charge in [0.2, 0.25) is 0 Å². The lowest BCUT2D eigenvalue weighted by Crippen LogP contribution is -2.37. The van der Waals surface area contributed by atoms with Crippen molar-refractivity contribution in [2.45, 2.75) is 97.8 Å². The van der Waals surface area contributed by atoms with Crippen molar-refractivity contribution >= 4 is 0 Å². The van der Waals surface area contributed by atoms with Crippen molar-refractivity contribution in [3.63, 3.8) is 0 Å². The van der Waals surface area contributed by atoms with E-state index < -0.39 is 0 Å². The van der Waals surface area contributed by atoms with Gasteiger partial charge in [-0.2, -0.15) is 0 Å². The van der Waals surface area contributed by atoms with Crippen LogP contribution in [-0.4, -0.2) is 4.98 Å². The van der Waals surface area contributed by atoms with E-state index in [1.54, 1.807) is 0 Å². The van der Waals surface area contributed by atoms with E-state index in [0.29, 0.717) is 5.92 Å². The molecule has 2 atom stereocenters. The van der Waals surface area contributed by atoms with Crippen LogP contribution in [0.1, 0.15) is 97.2 Å². The van der Waals surface area contributed by atoms with Gasteiger partial charge in [-0.3, -0.25) is 4.98 Å². The van der Waals surface area contributed by atoms with E-state index in [-0.39, 0.29) is 12.8 Å². The molecule has 1 aliphatic carbocycles. The Bertz CT molecular complexity index is 1030. The summed E-state index contributed by atoms with van der Waals surface area (Å²) in [5, 5.41) is 0. The molecule has 2 unspecified atom stereocenters. The van der Waals surface area contributed by atoms with Crippen LogP contribution in [0.2, 0.25) is 0 Å². The van der Waals surface area contributed by atoms with Gasteiger partial charge in [-0.25, -0.2) is 0 Å². The van der Waals surface area contributed by atoms with Gasteiger partial charge in [-0.1, -0.05) is 119 Å². The van der Waals surface area contributed by atoms with E-state index in [1.165, 1.54) is 60.9 Å². The first-order valence-corrected chi connectivity index (χ1v) is 14.1. The van der Waals surface area contributed by atoms with Crippen molar-refractivity contribution in [3.05, 3.63) is 103 Å². The quantitative estimate of drug-likeness (QED) is 0.198. The van der Waals surface area contributed by atoms with E-state index in [9.17, 15) is 0 Å². The van der Waals surface area contributed by atoms with E-state index in [1.807, 2.05) is 0 Å². The lowest BCUT2D eigenvalue weighted by molar-refractivity contribution is 0.209. The van der Waals surface area contributed by atoms with Gasteiger partial charge in [0, 0.05) is 16.7 Å². The van der Waals surface area contributed by atoms with Gasteiger partial charge in [-0.05, 0) is 75.3 Å². The molecule has 0 spiro atoms. The van der Waals surface area contributed by atoms with Gasteiger partial charge in [0.15, 0.2) is 0 Å². The highest BCUT2D eigenvalue weighted by molar-refractivity contribution is 5.60. The summed E-state index contributed by atoms with van der Waals surface area (Å²) in [5.74, 6) is 1.39. The van der Waals surface area contributed by atoms with Crippen LogP contribution in [0, 0.1) is 11.8 Å². The van der Waals surface area contributed by atoms with Crippen molar-refractivity contribution in [2.75, 3.05) is 0 Å². The second kappa shape index (κ2) is 15.6. The molecule has 1 aliphatic rings. The molecular weight excluding hydrogens is 446 g/mol. The lowest BCUT2D eigenvalue weighted by atomic mass is 9.60. The summed E-state index contributed by atoms with van der Waals surface area (Å²) in [7, 11) is 0. The maximum atomic E-state index is 5.32. The van der Waals surface area contributed by atoms with Gasteiger partial charge in [0.1, 0.15) is 0 Å². The molecule has 0 amide bonds. The number of rotatable bonds is 13. The van der Waals surface area contributed by atoms with Crippen LogP contribution >= 0.6 is 0 Å². The number of hydrogen-bond acceptors (Lipinski definition) is 1. The number of aryl methyl sites for hydroxylation is 1. The SMILES string of the molecule is C.C=CC1(c2ccc(-c3ccccc3)nc2CCCC(=C)/C=C\C/C=C\C)CCCCC1CCC(C)C. The summed E-state index contributed by atoms with van der Waals surface area (Å²) >= 11 is 0. The summed E-state index contributed by atoms with van der Waals surface area (Å²) in [6, 6.07) is 15.2. The van der Waals surface area contributed by atoms with Crippen LogP contribution in [0.3, 0.4) is 0 Å². The molecule has 1 heteroatoms. The van der Waals surface area contributed by atoms with Crippen molar-refractivity contribution in [1.29, 1.82) is 0 Å². The summed E-state index contributed by atoms with van der Waals surface area (Å²) in [5.41, 5.74) is 6.19. The molecule has 0 bridgehead atoms. The van der Waals surface area contributed by atoms with Gasteiger partial charge in [0.05, 0.1) is 5.69 Å². The fourth-order valence-electron chi connectivity index (χ4n) is 5.84. The smallest absolute Gasteiger partial charge is 0.0705 e. The van der Waals surface area contributed by atoms with Crippen LogP contribution in [0.25, 0.3) is 11.3 Å². The van der Waals surface area contributed by atoms with Crippen LogP contribution in [-0.2, 0) is 11.8 Å². The molecule has 0 N–H and O–H groups in total. The predicted octanol–water partition coefficient (Wildman–Crippen LogP) is 10.8. The van der Waals surface area contributed by atoms with E-state index in [4.69, 9.17) is 4.98 Å². The fraction of sp³-hybridized carbons (Fsp3) is 0.472. The predicted molar refractivity (Wildman–Crippen MR) is 165 cm³/mol. The molecule has 1 aromatic carbocycles. The molecule has 37 heavy (non-hydrogen) atoms. The van der Waals surface area contributed by atoms with Crippen molar-refractivity contribution in [1.82, 2.24) is 4.98 Å². The van der Waals surface area contributed by atoms with Gasteiger partial charge in [-0.15, -0.1) is 6.58 Å². The second-order valence-electron chi connectivity index (χ2n) is 10.9. The minimum absolute atomic E-state index is 0. The molecule has 0 radical (unpaired) electrons. The molecule has 0 saturated heterocycles. The Hall–Kier alpha value is -2.67. The molecule has 0 aliphatic heterocycles. The first kappa shape index (κ1) is 30.6. The summed E-state index contributed by atoms with van der Waals surface area (Å²) in [6.07, 6.45) is 22.6. The minimum Gasteiger partial charge on any atom is -0.253 e. The number of pyridine rings is 1. The third-order valence-electron chi connectivity index (χ3n) is 7.90. The third-order valence-corrected chi connectivity index (χ3v) is 7.90. The van der Waals surface area contributed by atoms with Crippen molar-refractivity contribution < 1.29 is 0 Å². The number of benzene rings is 1. The monoisotopic (exact) mass is 497 g/mol. The highest BCUT2D eigenvalue weighted by atomic mass is 14.7. The molecule has 200 valence electrons. The molecule has 3 rings (SSSR count). The molecule has 2 aromatic rings. The Morgan fingerprint density at radius 2 is 1.89 bits per heavy atom. The maximum Gasteiger partial charge on any atom is 0.0705 e. The molecule has 1 nitrogen and oxygen atoms in total. The zero-order chi connectivity index (χ0) is 25.8. The highest BCUT2D eigenvalue weighted by Crippen LogP contribution is 2.48. The summed E-state index contributed by atoms with van der Waals surface area (Å²) in [4.78, 5) is 5.32. The molecule has 1 aromatic heterocycles.